The van der Waals surface area contributed by atoms with Gasteiger partial charge in [0.15, 0.2) is 6.29 Å². The summed E-state index contributed by atoms with van der Waals surface area (Å²) >= 11 is 0. The number of hydrogen-bond acceptors (Lipinski definition) is 3. The van der Waals surface area contributed by atoms with Crippen molar-refractivity contribution in [2.45, 2.75) is 31.7 Å². The summed E-state index contributed by atoms with van der Waals surface area (Å²) in [5.41, 5.74) is 2.08. The molecule has 2 aromatic heterocycles. The summed E-state index contributed by atoms with van der Waals surface area (Å²) in [7, 11) is 0. The van der Waals surface area contributed by atoms with Crippen molar-refractivity contribution in [3.05, 3.63) is 36.2 Å². The van der Waals surface area contributed by atoms with Crippen LogP contribution >= 0.6 is 0 Å². The molecule has 0 aromatic carbocycles. The summed E-state index contributed by atoms with van der Waals surface area (Å²) in [6.07, 6.45) is 9.25. The smallest absolute Gasteiger partial charge is 0.153 e. The molecule has 0 atom stereocenters. The Morgan fingerprint density at radius 3 is 2.78 bits per heavy atom. The molecule has 0 radical (unpaired) electrons. The molecule has 4 heteroatoms. The molecule has 92 valence electrons. The van der Waals surface area contributed by atoms with Gasteiger partial charge in [0.2, 0.25) is 0 Å². The van der Waals surface area contributed by atoms with Gasteiger partial charge in [0, 0.05) is 12.4 Å². The molecule has 1 aliphatic carbocycles. The lowest BCUT2D eigenvalue weighted by atomic mass is 10.2. The number of carbonyl (C=O) groups excluding carboxylic acids is 1. The van der Waals surface area contributed by atoms with E-state index in [4.69, 9.17) is 0 Å². The SMILES string of the molecule is O=Cc1cn(C2CCCC2)nc1-c1ccccn1. The Hall–Kier alpha value is -1.97. The highest BCUT2D eigenvalue weighted by Gasteiger charge is 2.20. The minimum absolute atomic E-state index is 0.446. The fourth-order valence-corrected chi connectivity index (χ4v) is 2.55. The normalized spacial score (nSPS) is 16.0. The van der Waals surface area contributed by atoms with Crippen molar-refractivity contribution in [1.82, 2.24) is 14.8 Å². The molecular weight excluding hydrogens is 226 g/mol. The van der Waals surface area contributed by atoms with Crippen molar-refractivity contribution in [2.24, 2.45) is 0 Å². The standard InChI is InChI=1S/C14H15N3O/c18-10-11-9-17(12-5-1-2-6-12)16-14(11)13-7-3-4-8-15-13/h3-4,7-10,12H,1-2,5-6H2. The van der Waals surface area contributed by atoms with Gasteiger partial charge in [-0.3, -0.25) is 14.5 Å². The summed E-state index contributed by atoms with van der Waals surface area (Å²) in [4.78, 5) is 15.4. The topological polar surface area (TPSA) is 47.8 Å². The number of nitrogens with zero attached hydrogens (tertiary/aromatic N) is 3. The van der Waals surface area contributed by atoms with Crippen LogP contribution in [0.25, 0.3) is 11.4 Å². The molecule has 0 aliphatic heterocycles. The van der Waals surface area contributed by atoms with Crippen molar-refractivity contribution in [1.29, 1.82) is 0 Å². The Morgan fingerprint density at radius 2 is 2.11 bits per heavy atom. The fourth-order valence-electron chi connectivity index (χ4n) is 2.55. The molecular formula is C14H15N3O. The van der Waals surface area contributed by atoms with Crippen LogP contribution in [0.1, 0.15) is 42.1 Å². The average Bonchev–Trinajstić information content (AvgIpc) is 3.08. The Bertz CT molecular complexity index is 541. The predicted octanol–water partition coefficient (Wildman–Crippen LogP) is 2.87. The number of aldehydes is 1. The van der Waals surface area contributed by atoms with Gasteiger partial charge in [-0.15, -0.1) is 0 Å². The monoisotopic (exact) mass is 241 g/mol. The van der Waals surface area contributed by atoms with Gasteiger partial charge in [0.25, 0.3) is 0 Å². The van der Waals surface area contributed by atoms with Gasteiger partial charge < -0.3 is 0 Å². The van der Waals surface area contributed by atoms with Gasteiger partial charge in [0.05, 0.1) is 17.3 Å². The second-order valence-electron chi connectivity index (χ2n) is 4.68. The first-order valence-electron chi connectivity index (χ1n) is 6.34. The second-order valence-corrected chi connectivity index (χ2v) is 4.68. The van der Waals surface area contributed by atoms with E-state index in [2.05, 4.69) is 10.1 Å². The molecule has 4 nitrogen and oxygen atoms in total. The van der Waals surface area contributed by atoms with Crippen LogP contribution in [-0.2, 0) is 0 Å². The molecule has 1 fully saturated rings. The molecule has 0 saturated heterocycles. The van der Waals surface area contributed by atoms with Crippen LogP contribution in [0.2, 0.25) is 0 Å². The van der Waals surface area contributed by atoms with Crippen LogP contribution in [-0.4, -0.2) is 21.1 Å². The third-order valence-electron chi connectivity index (χ3n) is 3.49. The number of rotatable bonds is 3. The Labute approximate surface area is 106 Å². The van der Waals surface area contributed by atoms with Crippen molar-refractivity contribution >= 4 is 6.29 Å². The molecule has 0 unspecified atom stereocenters. The summed E-state index contributed by atoms with van der Waals surface area (Å²) in [5.74, 6) is 0. The van der Waals surface area contributed by atoms with Crippen molar-refractivity contribution < 1.29 is 4.79 Å². The van der Waals surface area contributed by atoms with Gasteiger partial charge in [-0.1, -0.05) is 18.9 Å². The molecule has 0 spiro atoms. The number of pyridine rings is 1. The van der Waals surface area contributed by atoms with E-state index in [1.165, 1.54) is 12.8 Å². The first-order valence-corrected chi connectivity index (χ1v) is 6.34. The first kappa shape index (κ1) is 11.1. The maximum Gasteiger partial charge on any atom is 0.153 e. The molecule has 2 heterocycles. The van der Waals surface area contributed by atoms with Crippen LogP contribution in [0.3, 0.4) is 0 Å². The molecule has 0 N–H and O–H groups in total. The van der Waals surface area contributed by atoms with Crippen LogP contribution < -0.4 is 0 Å². The summed E-state index contributed by atoms with van der Waals surface area (Å²) in [6, 6.07) is 6.10. The molecule has 1 aliphatic rings. The molecule has 2 aromatic rings. The maximum atomic E-state index is 11.1. The van der Waals surface area contributed by atoms with E-state index in [1.54, 1.807) is 6.20 Å². The van der Waals surface area contributed by atoms with Crippen molar-refractivity contribution in [3.8, 4) is 11.4 Å². The van der Waals surface area contributed by atoms with Crippen LogP contribution in [0.5, 0.6) is 0 Å². The minimum atomic E-state index is 0.446. The van der Waals surface area contributed by atoms with Crippen LogP contribution in [0.15, 0.2) is 30.6 Å². The maximum absolute atomic E-state index is 11.1. The number of hydrogen-bond donors (Lipinski definition) is 0. The molecule has 0 bridgehead atoms. The van der Waals surface area contributed by atoms with Gasteiger partial charge in [0.1, 0.15) is 5.69 Å². The molecule has 1 saturated carbocycles. The Balaban J connectivity index is 2.01. The van der Waals surface area contributed by atoms with Gasteiger partial charge in [-0.05, 0) is 25.0 Å². The quantitative estimate of drug-likeness (QED) is 0.776. The van der Waals surface area contributed by atoms with E-state index < -0.39 is 0 Å². The van der Waals surface area contributed by atoms with Gasteiger partial charge in [-0.25, -0.2) is 0 Å². The number of carbonyl (C=O) groups is 1. The Kier molecular flexibility index (Phi) is 2.92. The zero-order valence-electron chi connectivity index (χ0n) is 10.1. The highest BCUT2D eigenvalue weighted by molar-refractivity contribution is 5.84. The van der Waals surface area contributed by atoms with E-state index >= 15 is 0 Å². The highest BCUT2D eigenvalue weighted by Crippen LogP contribution is 2.30. The van der Waals surface area contributed by atoms with Crippen molar-refractivity contribution in [2.75, 3.05) is 0 Å². The lowest BCUT2D eigenvalue weighted by Gasteiger charge is -2.08. The average molecular weight is 241 g/mol. The van der Waals surface area contributed by atoms with E-state index in [-0.39, 0.29) is 0 Å². The summed E-state index contributed by atoms with van der Waals surface area (Å²) < 4.78 is 1.95. The summed E-state index contributed by atoms with van der Waals surface area (Å²) in [6.45, 7) is 0. The highest BCUT2D eigenvalue weighted by atomic mass is 16.1. The number of aromatic nitrogens is 3. The molecule has 0 amide bonds. The van der Waals surface area contributed by atoms with Crippen LogP contribution in [0, 0.1) is 0 Å². The lowest BCUT2D eigenvalue weighted by molar-refractivity contribution is 0.112. The summed E-state index contributed by atoms with van der Waals surface area (Å²) in [5, 5.41) is 4.56. The fraction of sp³-hybridized carbons (Fsp3) is 0.357. The minimum Gasteiger partial charge on any atom is -0.298 e. The van der Waals surface area contributed by atoms with Crippen molar-refractivity contribution in [3.63, 3.8) is 0 Å². The molecule has 18 heavy (non-hydrogen) atoms. The van der Waals surface area contributed by atoms with E-state index in [9.17, 15) is 4.79 Å². The second kappa shape index (κ2) is 4.72. The van der Waals surface area contributed by atoms with E-state index in [0.717, 1.165) is 24.8 Å². The zero-order chi connectivity index (χ0) is 12.4. The largest absolute Gasteiger partial charge is 0.298 e. The Morgan fingerprint density at radius 1 is 1.28 bits per heavy atom. The predicted molar refractivity (Wildman–Crippen MR) is 68.4 cm³/mol. The third-order valence-corrected chi connectivity index (χ3v) is 3.49. The first-order chi connectivity index (χ1) is 8.88. The van der Waals surface area contributed by atoms with E-state index in [0.29, 0.717) is 17.3 Å². The van der Waals surface area contributed by atoms with Gasteiger partial charge >= 0.3 is 0 Å². The van der Waals surface area contributed by atoms with Gasteiger partial charge in [-0.2, -0.15) is 5.10 Å². The third kappa shape index (κ3) is 1.94. The van der Waals surface area contributed by atoms with Crippen LogP contribution in [0.4, 0.5) is 0 Å². The molecule has 3 rings (SSSR count). The zero-order valence-corrected chi connectivity index (χ0v) is 10.1. The van der Waals surface area contributed by atoms with E-state index in [1.807, 2.05) is 29.1 Å². The lowest BCUT2D eigenvalue weighted by Crippen LogP contribution is -2.05.